The van der Waals surface area contributed by atoms with Crippen molar-refractivity contribution >= 4 is 32.4 Å². The number of anilines is 1. The molecule has 1 amide bonds. The Bertz CT molecular complexity index is 1120. The summed E-state index contributed by atoms with van der Waals surface area (Å²) in [6.45, 7) is 4.76. The van der Waals surface area contributed by atoms with E-state index in [0.29, 0.717) is 29.2 Å². The van der Waals surface area contributed by atoms with E-state index in [1.807, 2.05) is 13.8 Å². The number of rotatable bonds is 9. The third-order valence-corrected chi connectivity index (χ3v) is 7.24. The highest BCUT2D eigenvalue weighted by atomic mass is 32.2. The van der Waals surface area contributed by atoms with Crippen LogP contribution in [-0.2, 0) is 10.0 Å². The predicted octanol–water partition coefficient (Wildman–Crippen LogP) is 4.41. The summed E-state index contributed by atoms with van der Waals surface area (Å²) in [7, 11) is -3.60. The third-order valence-electron chi connectivity index (χ3n) is 4.44. The number of aromatic nitrogens is 2. The van der Waals surface area contributed by atoms with E-state index in [1.54, 1.807) is 12.1 Å². The van der Waals surface area contributed by atoms with Gasteiger partial charge in [-0.05, 0) is 61.4 Å². The largest absolute Gasteiger partial charge is 0.296 e. The molecule has 164 valence electrons. The van der Waals surface area contributed by atoms with Gasteiger partial charge in [0, 0.05) is 24.2 Å². The molecule has 1 heterocycles. The quantitative estimate of drug-likeness (QED) is 0.509. The van der Waals surface area contributed by atoms with Crippen LogP contribution in [0.1, 0.15) is 37.0 Å². The van der Waals surface area contributed by atoms with Gasteiger partial charge in [0.15, 0.2) is 0 Å². The number of nitrogens with one attached hydrogen (secondary N) is 1. The Kier molecular flexibility index (Phi) is 7.47. The van der Waals surface area contributed by atoms with E-state index in [2.05, 4.69) is 15.5 Å². The first-order valence-corrected chi connectivity index (χ1v) is 12.1. The van der Waals surface area contributed by atoms with Crippen molar-refractivity contribution in [1.82, 2.24) is 14.5 Å². The monoisotopic (exact) mass is 462 g/mol. The fourth-order valence-corrected chi connectivity index (χ4v) is 5.30. The van der Waals surface area contributed by atoms with Crippen molar-refractivity contribution in [3.05, 3.63) is 59.9 Å². The van der Waals surface area contributed by atoms with Gasteiger partial charge in [0.05, 0.1) is 4.90 Å². The molecule has 0 fully saturated rings. The summed E-state index contributed by atoms with van der Waals surface area (Å²) in [5.74, 6) is -0.774. The number of amides is 1. The molecule has 3 aromatic rings. The molecule has 10 heteroatoms. The molecular formula is C21H23FN4O3S2. The molecular weight excluding hydrogens is 439 g/mol. The Morgan fingerprint density at radius 3 is 2.19 bits per heavy atom. The van der Waals surface area contributed by atoms with Crippen molar-refractivity contribution in [1.29, 1.82) is 0 Å². The van der Waals surface area contributed by atoms with Crippen LogP contribution in [0.3, 0.4) is 0 Å². The number of hydrogen-bond donors (Lipinski definition) is 1. The maximum Gasteiger partial charge on any atom is 0.257 e. The number of halogens is 1. The summed E-state index contributed by atoms with van der Waals surface area (Å²) >= 11 is 1.16. The first kappa shape index (κ1) is 23.0. The van der Waals surface area contributed by atoms with Gasteiger partial charge in [-0.15, -0.1) is 10.2 Å². The summed E-state index contributed by atoms with van der Waals surface area (Å²) in [4.78, 5) is 12.7. The van der Waals surface area contributed by atoms with Crippen molar-refractivity contribution in [3.8, 4) is 10.6 Å². The molecule has 3 rings (SSSR count). The summed E-state index contributed by atoms with van der Waals surface area (Å²) in [6.07, 6.45) is 1.45. The molecule has 1 aromatic heterocycles. The second-order valence-electron chi connectivity index (χ2n) is 6.80. The molecule has 7 nitrogen and oxygen atoms in total. The van der Waals surface area contributed by atoms with Gasteiger partial charge in [-0.25, -0.2) is 12.8 Å². The second-order valence-corrected chi connectivity index (χ2v) is 9.72. The lowest BCUT2D eigenvalue weighted by Crippen LogP contribution is -2.32. The van der Waals surface area contributed by atoms with Gasteiger partial charge in [-0.1, -0.05) is 25.2 Å². The molecule has 0 saturated heterocycles. The highest BCUT2D eigenvalue weighted by Gasteiger charge is 2.23. The summed E-state index contributed by atoms with van der Waals surface area (Å²) in [5.41, 5.74) is 0.993. The summed E-state index contributed by atoms with van der Waals surface area (Å²) < 4.78 is 40.2. The van der Waals surface area contributed by atoms with Gasteiger partial charge in [0.25, 0.3) is 5.91 Å². The van der Waals surface area contributed by atoms with Gasteiger partial charge in [-0.2, -0.15) is 4.31 Å². The molecule has 0 radical (unpaired) electrons. The van der Waals surface area contributed by atoms with E-state index in [-0.39, 0.29) is 15.8 Å². The molecule has 31 heavy (non-hydrogen) atoms. The number of carbonyl (C=O) groups is 1. The zero-order valence-corrected chi connectivity index (χ0v) is 18.8. The lowest BCUT2D eigenvalue weighted by molar-refractivity contribution is 0.102. The fourth-order valence-electron chi connectivity index (χ4n) is 2.93. The van der Waals surface area contributed by atoms with Gasteiger partial charge < -0.3 is 0 Å². The van der Waals surface area contributed by atoms with Crippen molar-refractivity contribution in [2.45, 2.75) is 31.6 Å². The summed E-state index contributed by atoms with van der Waals surface area (Å²) in [6, 6.07) is 11.6. The minimum Gasteiger partial charge on any atom is -0.296 e. The number of benzene rings is 2. The van der Waals surface area contributed by atoms with Crippen LogP contribution in [0.2, 0.25) is 0 Å². The predicted molar refractivity (Wildman–Crippen MR) is 119 cm³/mol. The van der Waals surface area contributed by atoms with Crippen molar-refractivity contribution in [2.24, 2.45) is 0 Å². The lowest BCUT2D eigenvalue weighted by Gasteiger charge is -2.21. The number of nitrogens with zero attached hydrogens (tertiary/aromatic N) is 3. The topological polar surface area (TPSA) is 92.3 Å². The van der Waals surface area contributed by atoms with Crippen LogP contribution in [0.5, 0.6) is 0 Å². The first-order valence-electron chi connectivity index (χ1n) is 9.86. The van der Waals surface area contributed by atoms with Crippen LogP contribution in [-0.4, -0.2) is 41.9 Å². The Morgan fingerprint density at radius 1 is 1.00 bits per heavy atom. The van der Waals surface area contributed by atoms with E-state index in [4.69, 9.17) is 0 Å². The zero-order valence-electron chi connectivity index (χ0n) is 17.2. The maximum atomic E-state index is 13.1. The zero-order chi connectivity index (χ0) is 22.4. The van der Waals surface area contributed by atoms with Crippen LogP contribution in [0.15, 0.2) is 53.4 Å². The second kappa shape index (κ2) is 10.1. The van der Waals surface area contributed by atoms with Crippen molar-refractivity contribution < 1.29 is 17.6 Å². The third kappa shape index (κ3) is 5.52. The van der Waals surface area contributed by atoms with Gasteiger partial charge in [0.1, 0.15) is 10.8 Å². The van der Waals surface area contributed by atoms with E-state index in [1.165, 1.54) is 40.7 Å². The molecule has 0 atom stereocenters. The van der Waals surface area contributed by atoms with Gasteiger partial charge >= 0.3 is 0 Å². The number of carbonyl (C=O) groups excluding carboxylic acids is 1. The minimum atomic E-state index is -3.60. The molecule has 1 N–H and O–H groups in total. The van der Waals surface area contributed by atoms with Crippen molar-refractivity contribution in [2.75, 3.05) is 18.4 Å². The van der Waals surface area contributed by atoms with Gasteiger partial charge in [0.2, 0.25) is 15.2 Å². The average Bonchev–Trinajstić information content (AvgIpc) is 3.22. The van der Waals surface area contributed by atoms with Crippen LogP contribution in [0.4, 0.5) is 9.52 Å². The van der Waals surface area contributed by atoms with E-state index in [9.17, 15) is 17.6 Å². The van der Waals surface area contributed by atoms with Crippen LogP contribution < -0.4 is 5.32 Å². The Hall–Kier alpha value is -2.69. The first-order chi connectivity index (χ1) is 14.8. The van der Waals surface area contributed by atoms with E-state index >= 15 is 0 Å². The van der Waals surface area contributed by atoms with Crippen molar-refractivity contribution in [3.63, 3.8) is 0 Å². The minimum absolute atomic E-state index is 0.153. The molecule has 0 saturated carbocycles. The Balaban J connectivity index is 1.71. The normalized spacial score (nSPS) is 11.6. The van der Waals surface area contributed by atoms with Crippen LogP contribution >= 0.6 is 11.3 Å². The average molecular weight is 463 g/mol. The smallest absolute Gasteiger partial charge is 0.257 e. The number of sulfonamides is 1. The standard InChI is InChI=1S/C21H23FN4O3S2/c1-3-13-26(14-4-2)31(28,29)18-11-7-15(8-12-18)19(27)23-21-25-24-20(30-21)16-5-9-17(22)10-6-16/h5-12H,3-4,13-14H2,1-2H3,(H,23,25,27). The molecule has 0 aliphatic rings. The molecule has 0 unspecified atom stereocenters. The maximum absolute atomic E-state index is 13.1. The Labute approximate surface area is 185 Å². The molecule has 0 aliphatic carbocycles. The highest BCUT2D eigenvalue weighted by Crippen LogP contribution is 2.27. The molecule has 0 aliphatic heterocycles. The summed E-state index contributed by atoms with van der Waals surface area (Å²) in [5, 5.41) is 11.4. The number of hydrogen-bond acceptors (Lipinski definition) is 6. The van der Waals surface area contributed by atoms with Crippen LogP contribution in [0.25, 0.3) is 10.6 Å². The highest BCUT2D eigenvalue weighted by molar-refractivity contribution is 7.89. The molecule has 2 aromatic carbocycles. The van der Waals surface area contributed by atoms with Crippen LogP contribution in [0, 0.1) is 5.82 Å². The van der Waals surface area contributed by atoms with E-state index in [0.717, 1.165) is 24.2 Å². The van der Waals surface area contributed by atoms with Gasteiger partial charge in [-0.3, -0.25) is 10.1 Å². The van der Waals surface area contributed by atoms with E-state index < -0.39 is 15.9 Å². The fraction of sp³-hybridized carbons (Fsp3) is 0.286. The Morgan fingerprint density at radius 2 is 1.61 bits per heavy atom. The molecule has 0 bridgehead atoms. The SMILES string of the molecule is CCCN(CCC)S(=O)(=O)c1ccc(C(=O)Nc2nnc(-c3ccc(F)cc3)s2)cc1. The lowest BCUT2D eigenvalue weighted by atomic mass is 10.2. The molecule has 0 spiro atoms.